The first kappa shape index (κ1) is 57.1. The fraction of sp³-hybridized carbons (Fsp3) is 0.467. The van der Waals surface area contributed by atoms with Gasteiger partial charge in [-0.25, -0.2) is 9.59 Å². The minimum absolute atomic E-state index is 0.0564. The zero-order valence-electron chi connectivity index (χ0n) is 44.6. The molecule has 6 rings (SSSR count). The van der Waals surface area contributed by atoms with Crippen LogP contribution >= 0.6 is 0 Å². The summed E-state index contributed by atoms with van der Waals surface area (Å²) in [5, 5.41) is 8.42. The molecule has 0 aliphatic carbocycles. The highest BCUT2D eigenvalue weighted by Gasteiger charge is 2.32. The van der Waals surface area contributed by atoms with E-state index in [0.29, 0.717) is 74.7 Å². The van der Waals surface area contributed by atoms with Gasteiger partial charge in [-0.15, -0.1) is 0 Å². The van der Waals surface area contributed by atoms with Crippen molar-refractivity contribution in [1.29, 1.82) is 0 Å². The Hall–Kier alpha value is -7.16. The Balaban J connectivity index is 1.10. The zero-order chi connectivity index (χ0) is 53.0. The van der Waals surface area contributed by atoms with E-state index >= 15 is 0 Å². The van der Waals surface area contributed by atoms with Crippen molar-refractivity contribution in [2.75, 3.05) is 14.2 Å². The van der Waals surface area contributed by atoms with Crippen LogP contribution in [0.5, 0.6) is 11.5 Å². The van der Waals surface area contributed by atoms with E-state index in [9.17, 15) is 19.2 Å². The van der Waals surface area contributed by atoms with Crippen molar-refractivity contribution >= 4 is 23.8 Å². The lowest BCUT2D eigenvalue weighted by Crippen LogP contribution is -2.42. The van der Waals surface area contributed by atoms with Gasteiger partial charge < -0.3 is 33.1 Å². The summed E-state index contributed by atoms with van der Waals surface area (Å²) in [6, 6.07) is 28.6. The Morgan fingerprint density at radius 3 is 1.35 bits per heavy atom. The number of rotatable bonds is 32. The van der Waals surface area contributed by atoms with Crippen molar-refractivity contribution in [3.05, 3.63) is 131 Å². The second-order valence-electron chi connectivity index (χ2n) is 19.2. The molecule has 15 heteroatoms. The van der Waals surface area contributed by atoms with Gasteiger partial charge in [0.25, 0.3) is 11.8 Å². The molecule has 0 N–H and O–H groups in total. The Kier molecular flexibility index (Phi) is 24.0. The van der Waals surface area contributed by atoms with Crippen LogP contribution in [0.2, 0.25) is 0 Å². The third-order valence-electron chi connectivity index (χ3n) is 13.3. The van der Waals surface area contributed by atoms with Gasteiger partial charge in [0, 0.05) is 48.2 Å². The van der Waals surface area contributed by atoms with Crippen LogP contribution in [0.25, 0.3) is 22.9 Å². The molecule has 0 atom stereocenters. The van der Waals surface area contributed by atoms with Crippen LogP contribution < -0.4 is 9.47 Å². The molecule has 6 aromatic rings. The predicted molar refractivity (Wildman–Crippen MR) is 287 cm³/mol. The van der Waals surface area contributed by atoms with E-state index in [1.54, 1.807) is 78.9 Å². The number of aryl methyl sites for hydroxylation is 2. The molecular formula is C60H76N6O9. The summed E-state index contributed by atoms with van der Waals surface area (Å²) in [4.78, 5) is 67.5. The first-order valence-electron chi connectivity index (χ1n) is 27.1. The van der Waals surface area contributed by atoms with Crippen LogP contribution in [0.4, 0.5) is 0 Å². The van der Waals surface area contributed by atoms with Gasteiger partial charge in [0.2, 0.25) is 0 Å². The van der Waals surface area contributed by atoms with E-state index in [-0.39, 0.29) is 26.2 Å². The summed E-state index contributed by atoms with van der Waals surface area (Å²) >= 11 is 0. The van der Waals surface area contributed by atoms with Crippen molar-refractivity contribution in [1.82, 2.24) is 30.1 Å². The largest absolute Gasteiger partial charge is 0.496 e. The van der Waals surface area contributed by atoms with Gasteiger partial charge in [0.05, 0.1) is 27.3 Å². The quantitative estimate of drug-likeness (QED) is 0.0169. The van der Waals surface area contributed by atoms with Crippen LogP contribution in [0.3, 0.4) is 0 Å². The number of para-hydroxylation sites is 2. The van der Waals surface area contributed by atoms with Crippen LogP contribution in [-0.4, -0.2) is 68.1 Å². The number of ether oxygens (including phenoxy) is 3. The Labute approximate surface area is 442 Å². The summed E-state index contributed by atoms with van der Waals surface area (Å²) in [5.74, 6) is -2.33. The molecule has 0 fully saturated rings. The van der Waals surface area contributed by atoms with Crippen LogP contribution in [0, 0.1) is 0 Å². The van der Waals surface area contributed by atoms with E-state index in [4.69, 9.17) is 23.3 Å². The lowest BCUT2D eigenvalue weighted by atomic mass is 10.1. The maximum atomic E-state index is 14.2. The standard InChI is InChI=1S/C60H76N6O9/c1-5-7-9-11-13-15-17-19-21-34-53-61-55(74-63-53)47-38-36-45(37-39-47)41-65(43-49-29-23-25-32-51(49)71-3)57(67)59(69)73-60(70)58(68)66(44-50-30-24-26-33-52(50)72-4)42-46-28-27-31-48(40-46)56-62-54(64-75-56)35-22-20-18-16-14-12-10-8-6-2/h23-33,36-40H,5-22,34-35,41-44H2,1-4H3. The molecule has 0 spiro atoms. The first-order chi connectivity index (χ1) is 36.7. The number of unbranched alkanes of at least 4 members (excludes halogenated alkanes) is 16. The molecule has 15 nitrogen and oxygen atoms in total. The lowest BCUT2D eigenvalue weighted by molar-refractivity contribution is -0.173. The van der Waals surface area contributed by atoms with Gasteiger partial charge in [0.15, 0.2) is 11.6 Å². The smallest absolute Gasteiger partial charge is 0.405 e. The lowest BCUT2D eigenvalue weighted by Gasteiger charge is -2.24. The molecule has 75 heavy (non-hydrogen) atoms. The van der Waals surface area contributed by atoms with Gasteiger partial charge in [-0.2, -0.15) is 9.97 Å². The van der Waals surface area contributed by atoms with Gasteiger partial charge in [-0.1, -0.05) is 188 Å². The number of carbonyl (C=O) groups is 4. The molecule has 400 valence electrons. The average molecular weight is 1030 g/mol. The van der Waals surface area contributed by atoms with Crippen molar-refractivity contribution < 1.29 is 42.4 Å². The van der Waals surface area contributed by atoms with Crippen molar-refractivity contribution in [2.24, 2.45) is 0 Å². The number of carbonyl (C=O) groups excluding carboxylic acids is 4. The number of hydrogen-bond acceptors (Lipinski definition) is 13. The maximum Gasteiger partial charge on any atom is 0.405 e. The molecule has 0 saturated carbocycles. The maximum absolute atomic E-state index is 14.2. The highest BCUT2D eigenvalue weighted by atomic mass is 16.6. The van der Waals surface area contributed by atoms with Crippen molar-refractivity contribution in [3.63, 3.8) is 0 Å². The van der Waals surface area contributed by atoms with Crippen molar-refractivity contribution in [2.45, 2.75) is 168 Å². The van der Waals surface area contributed by atoms with E-state index in [1.165, 1.54) is 114 Å². The molecule has 0 unspecified atom stereocenters. The summed E-state index contributed by atoms with van der Waals surface area (Å²) in [6.07, 6.45) is 23.4. The van der Waals surface area contributed by atoms with Gasteiger partial charge >= 0.3 is 23.8 Å². The Morgan fingerprint density at radius 1 is 0.453 bits per heavy atom. The van der Waals surface area contributed by atoms with E-state index in [1.807, 2.05) is 18.2 Å². The Bertz CT molecular complexity index is 2680. The zero-order valence-corrected chi connectivity index (χ0v) is 44.6. The predicted octanol–water partition coefficient (Wildman–Crippen LogP) is 12.8. The van der Waals surface area contributed by atoms with Crippen LogP contribution in [-0.2, 0) is 62.9 Å². The molecule has 0 bridgehead atoms. The van der Waals surface area contributed by atoms with Gasteiger partial charge in [0.1, 0.15) is 11.5 Å². The number of nitrogens with zero attached hydrogens (tertiary/aromatic N) is 6. The molecule has 0 radical (unpaired) electrons. The molecule has 0 aliphatic heterocycles. The molecular weight excluding hydrogens is 949 g/mol. The number of benzene rings is 4. The van der Waals surface area contributed by atoms with Crippen LogP contribution in [0.1, 0.15) is 163 Å². The van der Waals surface area contributed by atoms with Gasteiger partial charge in [-0.05, 0) is 60.4 Å². The minimum Gasteiger partial charge on any atom is -0.496 e. The average Bonchev–Trinajstić information content (AvgIpc) is 4.12. The third-order valence-corrected chi connectivity index (χ3v) is 13.3. The molecule has 0 saturated heterocycles. The summed E-state index contributed by atoms with van der Waals surface area (Å²) in [5.41, 5.74) is 3.83. The monoisotopic (exact) mass is 1020 g/mol. The van der Waals surface area contributed by atoms with E-state index in [0.717, 1.165) is 32.1 Å². The Morgan fingerprint density at radius 2 is 0.880 bits per heavy atom. The van der Waals surface area contributed by atoms with Gasteiger partial charge in [-0.3, -0.25) is 9.59 Å². The summed E-state index contributed by atoms with van der Waals surface area (Å²) in [7, 11) is 3.02. The molecule has 0 aliphatic rings. The highest BCUT2D eigenvalue weighted by Crippen LogP contribution is 2.26. The van der Waals surface area contributed by atoms with Crippen LogP contribution in [0.15, 0.2) is 106 Å². The molecule has 4 aromatic carbocycles. The summed E-state index contributed by atoms with van der Waals surface area (Å²) in [6.45, 7) is 4.16. The van der Waals surface area contributed by atoms with Crippen molar-refractivity contribution in [3.8, 4) is 34.4 Å². The number of amides is 2. The SMILES string of the molecule is CCCCCCCCCCCc1noc(-c2ccc(CN(Cc3ccccc3OC)C(=O)C(=O)OC(=O)C(=O)N(Cc3cccc(-c4nc(CCCCCCCCCCC)no4)c3)Cc3ccccc3OC)cc2)n1. The van der Waals surface area contributed by atoms with E-state index in [2.05, 4.69) is 34.1 Å². The topological polar surface area (TPSA) is 180 Å². The fourth-order valence-corrected chi connectivity index (χ4v) is 9.04. The first-order valence-corrected chi connectivity index (χ1v) is 27.1. The number of hydrogen-bond donors (Lipinski definition) is 0. The van der Waals surface area contributed by atoms with E-state index < -0.39 is 23.8 Å². The number of esters is 2. The fourth-order valence-electron chi connectivity index (χ4n) is 9.04. The normalized spacial score (nSPS) is 11.1. The second kappa shape index (κ2) is 31.5. The molecule has 2 heterocycles. The highest BCUT2D eigenvalue weighted by molar-refractivity contribution is 6.41. The second-order valence-corrected chi connectivity index (χ2v) is 19.2. The molecule has 2 amide bonds. The third kappa shape index (κ3) is 18.6. The minimum atomic E-state index is -1.52. The number of aromatic nitrogens is 4. The number of methoxy groups -OCH3 is 2. The molecule has 2 aromatic heterocycles. The summed E-state index contributed by atoms with van der Waals surface area (Å²) < 4.78 is 27.5.